The summed E-state index contributed by atoms with van der Waals surface area (Å²) in [5.41, 5.74) is 0. The molecule has 0 aliphatic heterocycles. The van der Waals surface area contributed by atoms with Crippen molar-refractivity contribution in [2.24, 2.45) is 0 Å². The van der Waals surface area contributed by atoms with E-state index >= 15 is 0 Å². The number of hydrogen-bond acceptors (Lipinski definition) is 6. The second-order valence-electron chi connectivity index (χ2n) is 5.76. The lowest BCUT2D eigenvalue weighted by atomic mass is 10.3. The van der Waals surface area contributed by atoms with Gasteiger partial charge in [-0.15, -0.1) is 0 Å². The fourth-order valence-electron chi connectivity index (χ4n) is 2.77. The van der Waals surface area contributed by atoms with E-state index in [2.05, 4.69) is 0 Å². The van der Waals surface area contributed by atoms with Crippen LogP contribution in [0.3, 0.4) is 0 Å². The molecule has 150 valence electrons. The standard InChI is InChI=1S/C15H26O8S2Si/c1-3-22-26(23-4-2,15-10-6-5-7-11-15)12-8-9-14(25(19,20)21)13-24(16,17)18/h5-7,10-11,14H,3-4,8-9,12-13H2,1-2H3,(H,16,17,18)(H,19,20,21). The molecule has 0 saturated heterocycles. The molecule has 0 bridgehead atoms. The van der Waals surface area contributed by atoms with Crippen LogP contribution in [-0.4, -0.2) is 58.7 Å². The Morgan fingerprint density at radius 2 is 1.54 bits per heavy atom. The molecule has 2 N–H and O–H groups in total. The molecule has 0 fully saturated rings. The molecule has 11 heteroatoms. The smallest absolute Gasteiger partial charge is 0.372 e. The number of hydrogen-bond donors (Lipinski definition) is 2. The highest BCUT2D eigenvalue weighted by molar-refractivity contribution is 7.90. The van der Waals surface area contributed by atoms with E-state index in [0.717, 1.165) is 5.19 Å². The Bertz CT molecular complexity index is 743. The first kappa shape index (κ1) is 23.2. The minimum atomic E-state index is -4.61. The van der Waals surface area contributed by atoms with Gasteiger partial charge in [-0.05, 0) is 37.9 Å². The summed E-state index contributed by atoms with van der Waals surface area (Å²) in [7, 11) is -12.0. The van der Waals surface area contributed by atoms with Gasteiger partial charge < -0.3 is 8.85 Å². The van der Waals surface area contributed by atoms with Gasteiger partial charge in [-0.25, -0.2) is 0 Å². The van der Waals surface area contributed by atoms with Crippen molar-refractivity contribution in [2.75, 3.05) is 19.0 Å². The first-order valence-corrected chi connectivity index (χ1v) is 13.4. The lowest BCUT2D eigenvalue weighted by Gasteiger charge is -2.30. The van der Waals surface area contributed by atoms with Gasteiger partial charge in [0.1, 0.15) is 5.25 Å². The second kappa shape index (κ2) is 9.92. The molecule has 1 aromatic rings. The Labute approximate surface area is 156 Å². The van der Waals surface area contributed by atoms with Gasteiger partial charge in [0.15, 0.2) is 0 Å². The Hall–Kier alpha value is -0.823. The van der Waals surface area contributed by atoms with Crippen molar-refractivity contribution >= 4 is 34.0 Å². The summed E-state index contributed by atoms with van der Waals surface area (Å²) in [6.45, 7) is 4.49. The van der Waals surface area contributed by atoms with E-state index in [4.69, 9.17) is 13.4 Å². The summed E-state index contributed by atoms with van der Waals surface area (Å²) >= 11 is 0. The summed E-state index contributed by atoms with van der Waals surface area (Å²) < 4.78 is 74.9. The molecular weight excluding hydrogens is 400 g/mol. The summed E-state index contributed by atoms with van der Waals surface area (Å²) in [6, 6.07) is 9.73. The maximum Gasteiger partial charge on any atom is 0.372 e. The van der Waals surface area contributed by atoms with Crippen molar-refractivity contribution in [3.05, 3.63) is 30.3 Å². The molecule has 0 spiro atoms. The lowest BCUT2D eigenvalue weighted by molar-refractivity contribution is 0.194. The summed E-state index contributed by atoms with van der Waals surface area (Å²) in [5, 5.41) is -0.704. The van der Waals surface area contributed by atoms with Crippen molar-refractivity contribution in [3.63, 3.8) is 0 Å². The average Bonchev–Trinajstić information content (AvgIpc) is 2.53. The molecule has 0 saturated carbocycles. The zero-order valence-corrected chi connectivity index (χ0v) is 17.5. The van der Waals surface area contributed by atoms with E-state index in [0.29, 0.717) is 19.3 Å². The largest absolute Gasteiger partial charge is 0.391 e. The molecule has 0 heterocycles. The third kappa shape index (κ3) is 7.43. The molecule has 0 aromatic heterocycles. The average molecular weight is 427 g/mol. The predicted octanol–water partition coefficient (Wildman–Crippen LogP) is 1.33. The van der Waals surface area contributed by atoms with Crippen LogP contribution in [0, 0.1) is 0 Å². The molecule has 0 aliphatic rings. The van der Waals surface area contributed by atoms with Crippen molar-refractivity contribution in [3.8, 4) is 0 Å². The van der Waals surface area contributed by atoms with Gasteiger partial charge in [0.05, 0.1) is 5.75 Å². The quantitative estimate of drug-likeness (QED) is 0.378. The molecule has 1 atom stereocenters. The van der Waals surface area contributed by atoms with Crippen molar-refractivity contribution in [1.29, 1.82) is 0 Å². The molecule has 1 rings (SSSR count). The maximum atomic E-state index is 11.4. The molecule has 8 nitrogen and oxygen atoms in total. The predicted molar refractivity (Wildman–Crippen MR) is 101 cm³/mol. The number of rotatable bonds is 12. The first-order chi connectivity index (χ1) is 12.0. The fraction of sp³-hybridized carbons (Fsp3) is 0.600. The van der Waals surface area contributed by atoms with Crippen molar-refractivity contribution in [1.82, 2.24) is 0 Å². The zero-order chi connectivity index (χ0) is 19.8. The van der Waals surface area contributed by atoms with Crippen LogP contribution in [0.15, 0.2) is 30.3 Å². The normalized spacial score (nSPS) is 14.3. The van der Waals surface area contributed by atoms with E-state index in [-0.39, 0.29) is 12.8 Å². The van der Waals surface area contributed by atoms with Crippen LogP contribution in [0.5, 0.6) is 0 Å². The Kier molecular flexibility index (Phi) is 8.86. The molecule has 0 amide bonds. The van der Waals surface area contributed by atoms with Crippen LogP contribution in [0.2, 0.25) is 6.04 Å². The Morgan fingerprint density at radius 1 is 1.00 bits per heavy atom. The lowest BCUT2D eigenvalue weighted by Crippen LogP contribution is -2.54. The van der Waals surface area contributed by atoms with E-state index in [9.17, 15) is 21.4 Å². The van der Waals surface area contributed by atoms with Gasteiger partial charge in [0, 0.05) is 13.2 Å². The molecule has 1 unspecified atom stereocenters. The minimum absolute atomic E-state index is 0.139. The van der Waals surface area contributed by atoms with Crippen LogP contribution < -0.4 is 5.19 Å². The summed E-state index contributed by atoms with van der Waals surface area (Å²) in [6.07, 6.45) is 0.113. The molecule has 26 heavy (non-hydrogen) atoms. The van der Waals surface area contributed by atoms with Crippen LogP contribution in [-0.2, 0) is 29.1 Å². The topological polar surface area (TPSA) is 127 Å². The highest BCUT2D eigenvalue weighted by Crippen LogP contribution is 2.21. The van der Waals surface area contributed by atoms with E-state index in [1.54, 1.807) is 0 Å². The molecule has 1 aromatic carbocycles. The van der Waals surface area contributed by atoms with Gasteiger partial charge in [0.2, 0.25) is 0 Å². The van der Waals surface area contributed by atoms with E-state index < -0.39 is 39.8 Å². The highest BCUT2D eigenvalue weighted by Gasteiger charge is 2.40. The minimum Gasteiger partial charge on any atom is -0.391 e. The molecule has 0 radical (unpaired) electrons. The molecule has 0 aliphatic carbocycles. The van der Waals surface area contributed by atoms with E-state index in [1.807, 2.05) is 44.2 Å². The van der Waals surface area contributed by atoms with Crippen LogP contribution in [0.1, 0.15) is 26.7 Å². The van der Waals surface area contributed by atoms with Gasteiger partial charge in [-0.2, -0.15) is 16.8 Å². The Balaban J connectivity index is 2.98. The third-order valence-electron chi connectivity index (χ3n) is 3.82. The van der Waals surface area contributed by atoms with Crippen molar-refractivity contribution < 1.29 is 34.8 Å². The third-order valence-corrected chi connectivity index (χ3v) is 9.83. The Morgan fingerprint density at radius 3 is 1.96 bits per heavy atom. The van der Waals surface area contributed by atoms with E-state index in [1.165, 1.54) is 0 Å². The maximum absolute atomic E-state index is 11.4. The first-order valence-electron chi connectivity index (χ1n) is 8.29. The molecular formula is C15H26O8S2Si. The monoisotopic (exact) mass is 426 g/mol. The highest BCUT2D eigenvalue weighted by atomic mass is 32.2. The summed E-state index contributed by atoms with van der Waals surface area (Å²) in [4.78, 5) is 0. The van der Waals surface area contributed by atoms with Gasteiger partial charge in [-0.3, -0.25) is 9.11 Å². The van der Waals surface area contributed by atoms with Gasteiger partial charge >= 0.3 is 8.56 Å². The van der Waals surface area contributed by atoms with Gasteiger partial charge in [-0.1, -0.05) is 30.3 Å². The van der Waals surface area contributed by atoms with Crippen LogP contribution >= 0.6 is 0 Å². The second-order valence-corrected chi connectivity index (χ2v) is 12.1. The number of benzene rings is 1. The van der Waals surface area contributed by atoms with Crippen molar-refractivity contribution in [2.45, 2.75) is 38.0 Å². The van der Waals surface area contributed by atoms with Crippen LogP contribution in [0.25, 0.3) is 0 Å². The van der Waals surface area contributed by atoms with Crippen LogP contribution in [0.4, 0.5) is 0 Å². The fourth-order valence-corrected chi connectivity index (χ4v) is 8.37. The van der Waals surface area contributed by atoms with Gasteiger partial charge in [0.25, 0.3) is 20.2 Å². The summed E-state index contributed by atoms with van der Waals surface area (Å²) in [5.74, 6) is -1.05. The SMILES string of the molecule is CCO[Si](CCCC(CS(=O)(=O)O)S(=O)(=O)O)(OCC)c1ccccc1. The zero-order valence-electron chi connectivity index (χ0n) is 14.9.